The maximum atomic E-state index is 12.8. The van der Waals surface area contributed by atoms with Crippen LogP contribution in [0, 0.1) is 0 Å². The van der Waals surface area contributed by atoms with Crippen LogP contribution in [0.1, 0.15) is 17.8 Å². The van der Waals surface area contributed by atoms with E-state index in [4.69, 9.17) is 4.74 Å². The van der Waals surface area contributed by atoms with Crippen molar-refractivity contribution in [1.82, 2.24) is 19.4 Å². The number of ether oxygens (including phenoxy) is 1. The Kier molecular flexibility index (Phi) is 7.54. The van der Waals surface area contributed by atoms with Gasteiger partial charge < -0.3 is 15.0 Å². The van der Waals surface area contributed by atoms with Gasteiger partial charge in [-0.15, -0.1) is 10.2 Å². The molecule has 0 aliphatic carbocycles. The van der Waals surface area contributed by atoms with Crippen molar-refractivity contribution >= 4 is 38.3 Å². The van der Waals surface area contributed by atoms with E-state index >= 15 is 0 Å². The van der Waals surface area contributed by atoms with Crippen LogP contribution < -0.4 is 10.1 Å². The molecule has 1 aromatic carbocycles. The Hall–Kier alpha value is -2.78. The van der Waals surface area contributed by atoms with Crippen molar-refractivity contribution in [2.75, 3.05) is 38.6 Å². The third-order valence-electron chi connectivity index (χ3n) is 4.77. The van der Waals surface area contributed by atoms with Crippen LogP contribution in [0.5, 0.6) is 5.75 Å². The number of aromatic nitrogens is 2. The number of hydrogen-bond donors (Lipinski definition) is 1. The van der Waals surface area contributed by atoms with Gasteiger partial charge in [-0.3, -0.25) is 9.59 Å². The molecule has 33 heavy (non-hydrogen) atoms. The van der Waals surface area contributed by atoms with Crippen LogP contribution in [0.2, 0.25) is 0 Å². The summed E-state index contributed by atoms with van der Waals surface area (Å²) >= 11 is 0.189. The number of piperazine rings is 1. The summed E-state index contributed by atoms with van der Waals surface area (Å²) in [6.45, 7) is 0.497. The van der Waals surface area contributed by atoms with E-state index in [-0.39, 0.29) is 66.3 Å². The molecule has 10 nitrogen and oxygen atoms in total. The number of carbonyl (C=O) groups excluding carboxylic acids is 2. The Morgan fingerprint density at radius 2 is 1.73 bits per heavy atom. The molecule has 2 heterocycles. The summed E-state index contributed by atoms with van der Waals surface area (Å²) in [6, 6.07) is 5.98. The number of carbonyl (C=O) groups is 2. The number of rotatable bonds is 7. The topological polar surface area (TPSA) is 122 Å². The monoisotopic (exact) mass is 507 g/mol. The Morgan fingerprint density at radius 1 is 1.09 bits per heavy atom. The van der Waals surface area contributed by atoms with Gasteiger partial charge in [-0.05, 0) is 24.3 Å². The second kappa shape index (κ2) is 10.0. The minimum atomic E-state index is -4.65. The predicted octanol–water partition coefficient (Wildman–Crippen LogP) is 1.82. The second-order valence-corrected chi connectivity index (χ2v) is 9.83. The zero-order valence-corrected chi connectivity index (χ0v) is 19.0. The van der Waals surface area contributed by atoms with Crippen LogP contribution in [-0.4, -0.2) is 72.9 Å². The summed E-state index contributed by atoms with van der Waals surface area (Å²) in [6.07, 6.45) is -5.09. The smallest absolute Gasteiger partial charge is 0.445 e. The van der Waals surface area contributed by atoms with Gasteiger partial charge >= 0.3 is 6.18 Å². The summed E-state index contributed by atoms with van der Waals surface area (Å²) in [7, 11) is -2.25. The summed E-state index contributed by atoms with van der Waals surface area (Å²) in [5.74, 6) is -0.505. The van der Waals surface area contributed by atoms with E-state index in [0.717, 1.165) is 0 Å². The number of anilines is 1. The van der Waals surface area contributed by atoms with Crippen LogP contribution in [0.3, 0.4) is 0 Å². The summed E-state index contributed by atoms with van der Waals surface area (Å²) in [4.78, 5) is 25.9. The van der Waals surface area contributed by atoms with Gasteiger partial charge in [0.15, 0.2) is 0 Å². The number of amides is 2. The number of methoxy groups -OCH3 is 1. The van der Waals surface area contributed by atoms with Crippen LogP contribution in [0.15, 0.2) is 29.2 Å². The second-order valence-electron chi connectivity index (χ2n) is 6.92. The molecule has 1 aromatic heterocycles. The first-order chi connectivity index (χ1) is 15.5. The van der Waals surface area contributed by atoms with Crippen molar-refractivity contribution < 1.29 is 35.9 Å². The van der Waals surface area contributed by atoms with Crippen LogP contribution in [0.4, 0.5) is 18.3 Å². The fraction of sp³-hybridized carbons (Fsp3) is 0.444. The van der Waals surface area contributed by atoms with Crippen molar-refractivity contribution in [3.8, 4) is 5.75 Å². The van der Waals surface area contributed by atoms with Gasteiger partial charge in [-0.25, -0.2) is 8.42 Å². The number of nitrogens with one attached hydrogen (secondary N) is 1. The van der Waals surface area contributed by atoms with E-state index in [1.54, 1.807) is 12.1 Å². The van der Waals surface area contributed by atoms with E-state index in [2.05, 4.69) is 15.5 Å². The average molecular weight is 508 g/mol. The van der Waals surface area contributed by atoms with Crippen LogP contribution >= 0.6 is 11.3 Å². The summed E-state index contributed by atoms with van der Waals surface area (Å²) in [5, 5.41) is 6.91. The van der Waals surface area contributed by atoms with E-state index in [1.165, 1.54) is 28.4 Å². The van der Waals surface area contributed by atoms with Gasteiger partial charge in [0.05, 0.1) is 12.0 Å². The molecule has 0 spiro atoms. The van der Waals surface area contributed by atoms with Gasteiger partial charge in [0.1, 0.15) is 5.75 Å². The molecule has 15 heteroatoms. The Morgan fingerprint density at radius 3 is 2.27 bits per heavy atom. The molecule has 2 aromatic rings. The molecule has 0 bridgehead atoms. The maximum absolute atomic E-state index is 12.8. The number of alkyl halides is 3. The Balaban J connectivity index is 1.47. The Bertz CT molecular complexity index is 1100. The zero-order valence-electron chi connectivity index (χ0n) is 17.3. The van der Waals surface area contributed by atoms with Gasteiger partial charge in [0, 0.05) is 39.0 Å². The lowest BCUT2D eigenvalue weighted by Crippen LogP contribution is -2.50. The van der Waals surface area contributed by atoms with E-state index in [1.807, 2.05) is 0 Å². The number of sulfonamides is 1. The minimum absolute atomic E-state index is 0.0945. The molecule has 1 saturated heterocycles. The van der Waals surface area contributed by atoms with Crippen molar-refractivity contribution in [3.63, 3.8) is 0 Å². The highest BCUT2D eigenvalue weighted by molar-refractivity contribution is 7.89. The molecule has 2 amide bonds. The lowest BCUT2D eigenvalue weighted by atomic mass is 10.2. The summed E-state index contributed by atoms with van der Waals surface area (Å²) in [5.41, 5.74) is 0. The highest BCUT2D eigenvalue weighted by Crippen LogP contribution is 2.33. The van der Waals surface area contributed by atoms with Crippen molar-refractivity contribution in [3.05, 3.63) is 29.3 Å². The van der Waals surface area contributed by atoms with E-state index < -0.39 is 27.1 Å². The molecule has 0 radical (unpaired) electrons. The first kappa shape index (κ1) is 24.9. The molecule has 180 valence electrons. The zero-order chi connectivity index (χ0) is 24.2. The number of halogens is 3. The van der Waals surface area contributed by atoms with Crippen molar-refractivity contribution in [2.24, 2.45) is 0 Å². The van der Waals surface area contributed by atoms with Gasteiger partial charge in [0.2, 0.25) is 32.0 Å². The minimum Gasteiger partial charge on any atom is -0.497 e. The summed E-state index contributed by atoms with van der Waals surface area (Å²) < 4.78 is 69.4. The number of nitrogens with zero attached hydrogens (tertiary/aromatic N) is 4. The fourth-order valence-corrected chi connectivity index (χ4v) is 5.07. The molecule has 1 fully saturated rings. The van der Waals surface area contributed by atoms with Gasteiger partial charge in [-0.2, -0.15) is 17.5 Å². The molecular weight excluding hydrogens is 487 g/mol. The highest BCUT2D eigenvalue weighted by atomic mass is 32.2. The first-order valence-corrected chi connectivity index (χ1v) is 11.9. The maximum Gasteiger partial charge on any atom is 0.445 e. The standard InChI is InChI=1S/C18H20F3N5O5S2/c1-31-12-2-4-13(5-3-12)33(29,30)26-10-8-25(9-11-26)15(28)7-6-14(27)22-17-24-23-16(32-17)18(19,20)21/h2-5H,6-11H2,1H3,(H,22,24,27). The largest absolute Gasteiger partial charge is 0.497 e. The fourth-order valence-electron chi connectivity index (χ4n) is 3.02. The lowest BCUT2D eigenvalue weighted by Gasteiger charge is -2.34. The SMILES string of the molecule is COc1ccc(S(=O)(=O)N2CCN(C(=O)CCC(=O)Nc3nnc(C(F)(F)F)s3)CC2)cc1. The normalized spacial score (nSPS) is 15.3. The quantitative estimate of drug-likeness (QED) is 0.607. The predicted molar refractivity (Wildman–Crippen MR) is 111 cm³/mol. The molecule has 0 unspecified atom stereocenters. The van der Waals surface area contributed by atoms with Crippen LogP contribution in [-0.2, 0) is 25.8 Å². The number of benzene rings is 1. The average Bonchev–Trinajstić information content (AvgIpc) is 3.26. The molecule has 0 saturated carbocycles. The van der Waals surface area contributed by atoms with E-state index in [9.17, 15) is 31.2 Å². The molecule has 1 aliphatic heterocycles. The van der Waals surface area contributed by atoms with Gasteiger partial charge in [-0.1, -0.05) is 11.3 Å². The van der Waals surface area contributed by atoms with E-state index in [0.29, 0.717) is 5.75 Å². The third-order valence-corrected chi connectivity index (χ3v) is 7.56. The van der Waals surface area contributed by atoms with Crippen molar-refractivity contribution in [2.45, 2.75) is 23.9 Å². The molecule has 3 rings (SSSR count). The molecule has 0 atom stereocenters. The van der Waals surface area contributed by atoms with Gasteiger partial charge in [0.25, 0.3) is 0 Å². The lowest BCUT2D eigenvalue weighted by molar-refractivity contribution is -0.138. The molecule has 1 N–H and O–H groups in total. The van der Waals surface area contributed by atoms with Crippen LogP contribution in [0.25, 0.3) is 0 Å². The molecular formula is C18H20F3N5O5S2. The first-order valence-electron chi connectivity index (χ1n) is 9.63. The van der Waals surface area contributed by atoms with Crippen molar-refractivity contribution in [1.29, 1.82) is 0 Å². The third kappa shape index (κ3) is 6.17. The highest BCUT2D eigenvalue weighted by Gasteiger charge is 2.36. The Labute approximate surface area is 191 Å². The number of hydrogen-bond acceptors (Lipinski definition) is 8. The molecule has 1 aliphatic rings.